The van der Waals surface area contributed by atoms with Gasteiger partial charge in [-0.1, -0.05) is 6.07 Å². The van der Waals surface area contributed by atoms with Crippen molar-refractivity contribution >= 4 is 5.82 Å². The molecule has 1 aliphatic heterocycles. The highest BCUT2D eigenvalue weighted by atomic mass is 15.3. The summed E-state index contributed by atoms with van der Waals surface area (Å²) in [5, 5.41) is 0. The molecule has 0 radical (unpaired) electrons. The van der Waals surface area contributed by atoms with Crippen LogP contribution in [0.4, 0.5) is 5.82 Å². The van der Waals surface area contributed by atoms with Gasteiger partial charge in [-0.05, 0) is 45.0 Å². The number of fused-ring (bicyclic) bond motifs is 1. The maximum atomic E-state index is 4.67. The fourth-order valence-corrected chi connectivity index (χ4v) is 4.06. The molecule has 0 saturated carbocycles. The molecule has 2 aromatic heterocycles. The molecule has 26 heavy (non-hydrogen) atoms. The van der Waals surface area contributed by atoms with Crippen molar-refractivity contribution in [2.45, 2.75) is 31.8 Å². The Morgan fingerprint density at radius 3 is 2.85 bits per heavy atom. The molecule has 1 aliphatic carbocycles. The van der Waals surface area contributed by atoms with Crippen molar-refractivity contribution in [3.63, 3.8) is 0 Å². The molecule has 0 spiro atoms. The number of piperazine rings is 1. The molecule has 2 aromatic rings. The van der Waals surface area contributed by atoms with E-state index in [1.54, 1.807) is 6.33 Å². The Bertz CT molecular complexity index is 741. The fourth-order valence-electron chi connectivity index (χ4n) is 4.06. The first-order valence-corrected chi connectivity index (χ1v) is 9.59. The van der Waals surface area contributed by atoms with E-state index in [0.29, 0.717) is 6.04 Å². The lowest BCUT2D eigenvalue weighted by molar-refractivity contribution is 0.206. The molecular formula is C20H28N6. The average molecular weight is 352 g/mol. The number of nitrogens with zero attached hydrogens (tertiary/aromatic N) is 6. The molecule has 0 aromatic carbocycles. The number of likely N-dealkylation sites (N-methyl/N-ethyl adjacent to an activating group) is 1. The molecular weight excluding hydrogens is 324 g/mol. The maximum absolute atomic E-state index is 4.67. The first-order chi connectivity index (χ1) is 12.7. The standard InChI is InChI=1S/C20H28N6/c1-24-9-11-26(12-10-24)19-13-17(22-15-23-19)14-25(2)18-7-3-5-16-6-4-8-21-20(16)18/h4,6,8,13,15,18H,3,5,7,9-12,14H2,1-2H3. The van der Waals surface area contributed by atoms with Crippen molar-refractivity contribution in [2.24, 2.45) is 0 Å². The van der Waals surface area contributed by atoms with Gasteiger partial charge in [-0.3, -0.25) is 9.88 Å². The van der Waals surface area contributed by atoms with Crippen LogP contribution in [0.3, 0.4) is 0 Å². The molecule has 1 atom stereocenters. The third-order valence-corrected chi connectivity index (χ3v) is 5.65. The second-order valence-corrected chi connectivity index (χ2v) is 7.53. The van der Waals surface area contributed by atoms with Crippen molar-refractivity contribution in [3.8, 4) is 0 Å². The Balaban J connectivity index is 1.47. The molecule has 0 amide bonds. The summed E-state index contributed by atoms with van der Waals surface area (Å²) < 4.78 is 0. The van der Waals surface area contributed by atoms with Crippen LogP contribution in [-0.2, 0) is 13.0 Å². The van der Waals surface area contributed by atoms with Gasteiger partial charge in [0.15, 0.2) is 0 Å². The number of hydrogen-bond acceptors (Lipinski definition) is 6. The number of aryl methyl sites for hydroxylation is 1. The summed E-state index contributed by atoms with van der Waals surface area (Å²) in [6.45, 7) is 5.06. The van der Waals surface area contributed by atoms with Gasteiger partial charge < -0.3 is 9.80 Å². The van der Waals surface area contributed by atoms with Crippen molar-refractivity contribution in [1.82, 2.24) is 24.8 Å². The van der Waals surface area contributed by atoms with Gasteiger partial charge in [0.2, 0.25) is 0 Å². The summed E-state index contributed by atoms with van der Waals surface area (Å²) in [7, 11) is 4.36. The van der Waals surface area contributed by atoms with Gasteiger partial charge in [-0.25, -0.2) is 9.97 Å². The molecule has 6 heteroatoms. The van der Waals surface area contributed by atoms with E-state index in [9.17, 15) is 0 Å². The molecule has 2 aliphatic rings. The molecule has 1 saturated heterocycles. The van der Waals surface area contributed by atoms with Gasteiger partial charge in [0.25, 0.3) is 0 Å². The Morgan fingerprint density at radius 2 is 2.00 bits per heavy atom. The van der Waals surface area contributed by atoms with Crippen molar-refractivity contribution < 1.29 is 0 Å². The van der Waals surface area contributed by atoms with E-state index in [2.05, 4.69) is 55.9 Å². The smallest absolute Gasteiger partial charge is 0.132 e. The predicted molar refractivity (Wildman–Crippen MR) is 103 cm³/mol. The highest BCUT2D eigenvalue weighted by Crippen LogP contribution is 2.32. The van der Waals surface area contributed by atoms with Crippen molar-refractivity contribution in [3.05, 3.63) is 47.7 Å². The lowest BCUT2D eigenvalue weighted by Crippen LogP contribution is -2.44. The van der Waals surface area contributed by atoms with E-state index in [1.807, 2.05) is 12.3 Å². The molecule has 0 N–H and O–H groups in total. The third-order valence-electron chi connectivity index (χ3n) is 5.65. The van der Waals surface area contributed by atoms with Gasteiger partial charge in [0, 0.05) is 45.0 Å². The third kappa shape index (κ3) is 3.71. The summed E-state index contributed by atoms with van der Waals surface area (Å²) in [6, 6.07) is 6.80. The zero-order valence-electron chi connectivity index (χ0n) is 15.8. The largest absolute Gasteiger partial charge is 0.354 e. The van der Waals surface area contributed by atoms with Crippen molar-refractivity contribution in [1.29, 1.82) is 0 Å². The van der Waals surface area contributed by atoms with Crippen LogP contribution in [-0.4, -0.2) is 65.0 Å². The van der Waals surface area contributed by atoms with Crippen LogP contribution in [0, 0.1) is 0 Å². The number of hydrogen-bond donors (Lipinski definition) is 0. The number of rotatable bonds is 4. The first-order valence-electron chi connectivity index (χ1n) is 9.59. The highest BCUT2D eigenvalue weighted by molar-refractivity contribution is 5.39. The zero-order valence-corrected chi connectivity index (χ0v) is 15.8. The summed E-state index contributed by atoms with van der Waals surface area (Å²) in [5.74, 6) is 1.05. The number of aromatic nitrogens is 3. The summed E-state index contributed by atoms with van der Waals surface area (Å²) in [5.41, 5.74) is 3.73. The number of pyridine rings is 1. The Labute approximate surface area is 155 Å². The van der Waals surface area contributed by atoms with Crippen LogP contribution in [0.1, 0.15) is 35.8 Å². The lowest BCUT2D eigenvalue weighted by atomic mass is 9.91. The highest BCUT2D eigenvalue weighted by Gasteiger charge is 2.25. The zero-order chi connectivity index (χ0) is 17.9. The van der Waals surface area contributed by atoms with E-state index in [1.165, 1.54) is 17.7 Å². The van der Waals surface area contributed by atoms with Crippen LogP contribution < -0.4 is 4.90 Å². The Morgan fingerprint density at radius 1 is 1.15 bits per heavy atom. The molecule has 0 bridgehead atoms. The minimum absolute atomic E-state index is 0.377. The molecule has 138 valence electrons. The predicted octanol–water partition coefficient (Wildman–Crippen LogP) is 2.13. The Kier molecular flexibility index (Phi) is 5.13. The molecule has 1 unspecified atom stereocenters. The minimum atomic E-state index is 0.377. The van der Waals surface area contributed by atoms with Crippen LogP contribution in [0.25, 0.3) is 0 Å². The monoisotopic (exact) mass is 352 g/mol. The summed E-state index contributed by atoms with van der Waals surface area (Å²) in [6.07, 6.45) is 7.17. The first kappa shape index (κ1) is 17.4. The maximum Gasteiger partial charge on any atom is 0.132 e. The summed E-state index contributed by atoms with van der Waals surface area (Å²) in [4.78, 5) is 20.8. The minimum Gasteiger partial charge on any atom is -0.354 e. The van der Waals surface area contributed by atoms with E-state index in [-0.39, 0.29) is 0 Å². The van der Waals surface area contributed by atoms with Crippen LogP contribution in [0.15, 0.2) is 30.7 Å². The van der Waals surface area contributed by atoms with E-state index in [0.717, 1.165) is 57.1 Å². The lowest BCUT2D eigenvalue weighted by Gasteiger charge is -2.34. The van der Waals surface area contributed by atoms with Crippen LogP contribution in [0.2, 0.25) is 0 Å². The van der Waals surface area contributed by atoms with Crippen LogP contribution in [0.5, 0.6) is 0 Å². The fraction of sp³-hybridized carbons (Fsp3) is 0.550. The quantitative estimate of drug-likeness (QED) is 0.840. The van der Waals surface area contributed by atoms with Gasteiger partial charge in [0.05, 0.1) is 17.4 Å². The van der Waals surface area contributed by atoms with E-state index < -0.39 is 0 Å². The SMILES string of the molecule is CN1CCN(c2cc(CN(C)C3CCCc4cccnc43)ncn2)CC1. The van der Waals surface area contributed by atoms with Gasteiger partial charge in [-0.2, -0.15) is 0 Å². The van der Waals surface area contributed by atoms with Gasteiger partial charge in [-0.15, -0.1) is 0 Å². The van der Waals surface area contributed by atoms with E-state index in [4.69, 9.17) is 0 Å². The second-order valence-electron chi connectivity index (χ2n) is 7.53. The van der Waals surface area contributed by atoms with Crippen molar-refractivity contribution in [2.75, 3.05) is 45.2 Å². The topological polar surface area (TPSA) is 48.4 Å². The van der Waals surface area contributed by atoms with Gasteiger partial charge in [0.1, 0.15) is 12.1 Å². The second kappa shape index (κ2) is 7.68. The van der Waals surface area contributed by atoms with Crippen LogP contribution >= 0.6 is 0 Å². The van der Waals surface area contributed by atoms with Gasteiger partial charge >= 0.3 is 0 Å². The molecule has 4 rings (SSSR count). The normalized spacial score (nSPS) is 21.0. The summed E-state index contributed by atoms with van der Waals surface area (Å²) >= 11 is 0. The molecule has 6 nitrogen and oxygen atoms in total. The van der Waals surface area contributed by atoms with E-state index >= 15 is 0 Å². The Hall–Kier alpha value is -2.05. The molecule has 3 heterocycles. The number of anilines is 1. The average Bonchev–Trinajstić information content (AvgIpc) is 2.68. The molecule has 1 fully saturated rings.